The second-order valence-corrected chi connectivity index (χ2v) is 6.92. The highest BCUT2D eigenvalue weighted by atomic mass is 127. The second kappa shape index (κ2) is 6.81. The zero-order valence-electron chi connectivity index (χ0n) is 12.2. The van der Waals surface area contributed by atoms with Crippen molar-refractivity contribution in [3.05, 3.63) is 41.6 Å². The highest BCUT2D eigenvalue weighted by Crippen LogP contribution is 2.34. The van der Waals surface area contributed by atoms with Gasteiger partial charge in [-0.15, -0.1) is 0 Å². The summed E-state index contributed by atoms with van der Waals surface area (Å²) in [5.41, 5.74) is 4.54. The van der Waals surface area contributed by atoms with Crippen LogP contribution in [0, 0.1) is 0 Å². The van der Waals surface area contributed by atoms with E-state index in [1.54, 1.807) is 0 Å². The lowest BCUT2D eigenvalue weighted by Crippen LogP contribution is -1.98. The number of hydrogen-bond acceptors (Lipinski definition) is 2. The molecule has 1 aromatic carbocycles. The molecular formula is C15H19IN3P. The van der Waals surface area contributed by atoms with Gasteiger partial charge in [0.2, 0.25) is 0 Å². The standard InChI is InChI=1S/C15H19IN3P/c1-5-6-13(17-4)11-7-8-14-12(9-11)15(10(2)3)19(18-14)20-16/h5-10,20H,1-4H3/b6-5-,17-13?. The maximum absolute atomic E-state index is 4.69. The number of aromatic nitrogens is 2. The van der Waals surface area contributed by atoms with Gasteiger partial charge in [0.1, 0.15) is 0 Å². The minimum atomic E-state index is 0.459. The molecule has 2 aromatic rings. The van der Waals surface area contributed by atoms with Crippen molar-refractivity contribution in [2.75, 3.05) is 7.05 Å². The van der Waals surface area contributed by atoms with Gasteiger partial charge in [0.15, 0.2) is 0 Å². The molecule has 1 aromatic heterocycles. The molecule has 1 unspecified atom stereocenters. The Morgan fingerprint density at radius 1 is 1.45 bits per heavy atom. The Bertz CT molecular complexity index is 671. The number of fused-ring (bicyclic) bond motifs is 1. The van der Waals surface area contributed by atoms with Gasteiger partial charge in [-0.05, 0) is 53.1 Å². The molecule has 106 valence electrons. The van der Waals surface area contributed by atoms with Crippen LogP contribution in [0.25, 0.3) is 10.9 Å². The van der Waals surface area contributed by atoms with Crippen LogP contribution in [0.4, 0.5) is 0 Å². The average molecular weight is 399 g/mol. The van der Waals surface area contributed by atoms with Crippen molar-refractivity contribution >= 4 is 45.0 Å². The first kappa shape index (κ1) is 15.6. The highest BCUT2D eigenvalue weighted by molar-refractivity contribution is 14.2. The topological polar surface area (TPSA) is 30.2 Å². The van der Waals surface area contributed by atoms with Gasteiger partial charge < -0.3 is 0 Å². The summed E-state index contributed by atoms with van der Waals surface area (Å²) in [4.78, 5) is 4.36. The second-order valence-electron chi connectivity index (χ2n) is 4.88. The number of hydrogen-bond donors (Lipinski definition) is 0. The summed E-state index contributed by atoms with van der Waals surface area (Å²) in [5.74, 6) is 0.459. The van der Waals surface area contributed by atoms with Crippen LogP contribution < -0.4 is 0 Å². The Morgan fingerprint density at radius 3 is 2.75 bits per heavy atom. The Balaban J connectivity index is 2.66. The molecule has 0 aliphatic carbocycles. The summed E-state index contributed by atoms with van der Waals surface area (Å²) in [5, 5.41) is 5.93. The summed E-state index contributed by atoms with van der Waals surface area (Å²) in [6.07, 6.45) is 4.69. The third kappa shape index (κ3) is 2.96. The van der Waals surface area contributed by atoms with E-state index in [9.17, 15) is 0 Å². The summed E-state index contributed by atoms with van der Waals surface area (Å²) in [6.45, 7) is 6.45. The number of allylic oxidation sites excluding steroid dienone is 2. The smallest absolute Gasteiger partial charge is 0.0930 e. The fourth-order valence-corrected chi connectivity index (χ4v) is 4.06. The van der Waals surface area contributed by atoms with E-state index in [1.807, 2.05) is 26.1 Å². The molecule has 0 amide bonds. The van der Waals surface area contributed by atoms with Crippen molar-refractivity contribution < 1.29 is 0 Å². The molecule has 0 fully saturated rings. The van der Waals surface area contributed by atoms with E-state index in [1.165, 1.54) is 11.1 Å². The molecule has 0 aliphatic rings. The molecule has 3 nitrogen and oxygen atoms in total. The van der Waals surface area contributed by atoms with Gasteiger partial charge in [-0.2, -0.15) is 5.10 Å². The van der Waals surface area contributed by atoms with Gasteiger partial charge in [0, 0.05) is 18.0 Å². The predicted molar refractivity (Wildman–Crippen MR) is 98.8 cm³/mol. The number of rotatable bonds is 4. The molecule has 0 saturated heterocycles. The lowest BCUT2D eigenvalue weighted by molar-refractivity contribution is 0.793. The molecule has 2 rings (SSSR count). The van der Waals surface area contributed by atoms with E-state index in [0.29, 0.717) is 12.3 Å². The van der Waals surface area contributed by atoms with Crippen LogP contribution in [-0.4, -0.2) is 22.3 Å². The number of aliphatic imine (C=N–C) groups is 1. The zero-order chi connectivity index (χ0) is 14.7. The normalized spacial score (nSPS) is 13.6. The Hall–Kier alpha value is -0.740. The van der Waals surface area contributed by atoms with Crippen LogP contribution in [0.1, 0.15) is 37.9 Å². The Morgan fingerprint density at radius 2 is 2.20 bits per heavy atom. The molecule has 5 heteroatoms. The molecule has 0 saturated carbocycles. The summed E-state index contributed by atoms with van der Waals surface area (Å²) < 4.78 is 2.12. The van der Waals surface area contributed by atoms with Crippen LogP contribution in [0.15, 0.2) is 35.3 Å². The predicted octanol–water partition coefficient (Wildman–Crippen LogP) is 4.95. The quantitative estimate of drug-likeness (QED) is 0.407. The van der Waals surface area contributed by atoms with E-state index >= 15 is 0 Å². The van der Waals surface area contributed by atoms with Crippen molar-refractivity contribution in [2.24, 2.45) is 4.99 Å². The zero-order valence-corrected chi connectivity index (χ0v) is 15.3. The summed E-state index contributed by atoms with van der Waals surface area (Å²) >= 11 is 2.38. The first-order valence-electron chi connectivity index (χ1n) is 6.61. The number of halogens is 1. The van der Waals surface area contributed by atoms with Crippen LogP contribution in [0.2, 0.25) is 0 Å². The third-order valence-corrected chi connectivity index (χ3v) is 5.07. The minimum Gasteiger partial charge on any atom is -0.288 e. The van der Waals surface area contributed by atoms with Crippen molar-refractivity contribution in [2.45, 2.75) is 26.7 Å². The molecular weight excluding hydrogens is 380 g/mol. The molecule has 1 atom stereocenters. The van der Waals surface area contributed by atoms with Gasteiger partial charge >= 0.3 is 0 Å². The molecule has 1 heterocycles. The fourth-order valence-electron chi connectivity index (χ4n) is 2.34. The van der Waals surface area contributed by atoms with Crippen LogP contribution >= 0.6 is 28.4 Å². The van der Waals surface area contributed by atoms with Gasteiger partial charge in [-0.3, -0.25) is 4.99 Å². The van der Waals surface area contributed by atoms with E-state index in [4.69, 9.17) is 0 Å². The van der Waals surface area contributed by atoms with Crippen molar-refractivity contribution in [1.82, 2.24) is 9.55 Å². The Kier molecular flexibility index (Phi) is 5.33. The lowest BCUT2D eigenvalue weighted by Gasteiger charge is -2.08. The molecule has 0 N–H and O–H groups in total. The summed E-state index contributed by atoms with van der Waals surface area (Å²) in [6, 6.07) is 6.41. The third-order valence-electron chi connectivity index (χ3n) is 3.20. The van der Waals surface area contributed by atoms with Crippen LogP contribution in [-0.2, 0) is 0 Å². The van der Waals surface area contributed by atoms with Crippen molar-refractivity contribution in [1.29, 1.82) is 0 Å². The van der Waals surface area contributed by atoms with Crippen molar-refractivity contribution in [3.63, 3.8) is 0 Å². The SMILES string of the molecule is C/C=C\C(=NC)c1ccc2nn(PI)c(C(C)C)c2c1. The van der Waals surface area contributed by atoms with Crippen LogP contribution in [0.3, 0.4) is 0 Å². The van der Waals surface area contributed by atoms with Gasteiger partial charge in [-0.1, -0.05) is 26.0 Å². The molecule has 0 spiro atoms. The first-order valence-corrected chi connectivity index (χ1v) is 10.7. The molecule has 0 radical (unpaired) electrons. The van der Waals surface area contributed by atoms with Gasteiger partial charge in [0.25, 0.3) is 0 Å². The number of benzene rings is 1. The van der Waals surface area contributed by atoms with Crippen LogP contribution in [0.5, 0.6) is 0 Å². The van der Waals surface area contributed by atoms with Gasteiger partial charge in [0.05, 0.1) is 23.3 Å². The fraction of sp³-hybridized carbons (Fsp3) is 0.333. The first-order chi connectivity index (χ1) is 9.62. The Labute approximate surface area is 134 Å². The largest absolute Gasteiger partial charge is 0.288 e. The lowest BCUT2D eigenvalue weighted by atomic mass is 10.0. The molecule has 0 aliphatic heterocycles. The van der Waals surface area contributed by atoms with E-state index < -0.39 is 0 Å². The minimum absolute atomic E-state index is 0.459. The maximum atomic E-state index is 4.69. The van der Waals surface area contributed by atoms with E-state index in [-0.39, 0.29) is 0 Å². The monoisotopic (exact) mass is 399 g/mol. The maximum Gasteiger partial charge on any atom is 0.0930 e. The van der Waals surface area contributed by atoms with E-state index in [2.05, 4.69) is 68.6 Å². The van der Waals surface area contributed by atoms with Gasteiger partial charge in [-0.25, -0.2) is 4.45 Å². The molecule has 0 bridgehead atoms. The average Bonchev–Trinajstić information content (AvgIpc) is 2.82. The number of nitrogens with zero attached hydrogens (tertiary/aromatic N) is 3. The van der Waals surface area contributed by atoms with Crippen molar-refractivity contribution in [3.8, 4) is 0 Å². The summed E-state index contributed by atoms with van der Waals surface area (Å²) in [7, 11) is 1.83. The molecule has 20 heavy (non-hydrogen) atoms. The highest BCUT2D eigenvalue weighted by Gasteiger charge is 2.15. The van der Waals surface area contributed by atoms with E-state index in [0.717, 1.165) is 16.8 Å².